The van der Waals surface area contributed by atoms with E-state index in [0.717, 1.165) is 20.5 Å². The Kier molecular flexibility index (Phi) is 2.94. The lowest BCUT2D eigenvalue weighted by Gasteiger charge is -2.12. The summed E-state index contributed by atoms with van der Waals surface area (Å²) in [6.07, 6.45) is 1.57. The van der Waals surface area contributed by atoms with E-state index < -0.39 is 0 Å². The van der Waals surface area contributed by atoms with Crippen molar-refractivity contribution in [3.05, 3.63) is 57.2 Å². The molecule has 100 valence electrons. The van der Waals surface area contributed by atoms with Crippen molar-refractivity contribution in [2.24, 2.45) is 0 Å². The molecule has 2 aromatic rings. The highest BCUT2D eigenvalue weighted by Gasteiger charge is 2.39. The van der Waals surface area contributed by atoms with Crippen LogP contribution in [0.5, 0.6) is 0 Å². The number of benzene rings is 1. The van der Waals surface area contributed by atoms with E-state index >= 15 is 0 Å². The molecule has 0 unspecified atom stereocenters. The Morgan fingerprint density at radius 3 is 1.95 bits per heavy atom. The van der Waals surface area contributed by atoms with E-state index in [2.05, 4.69) is 20.9 Å². The maximum absolute atomic E-state index is 12.5. The summed E-state index contributed by atoms with van der Waals surface area (Å²) in [4.78, 5) is 30.3. The van der Waals surface area contributed by atoms with Crippen molar-refractivity contribution >= 4 is 33.6 Å². The second-order valence-electron chi connectivity index (χ2n) is 4.73. The Labute approximate surface area is 124 Å². The van der Waals surface area contributed by atoms with E-state index in [0.29, 0.717) is 16.9 Å². The zero-order valence-electron chi connectivity index (χ0n) is 11.0. The van der Waals surface area contributed by atoms with E-state index in [9.17, 15) is 9.59 Å². The van der Waals surface area contributed by atoms with Crippen LogP contribution in [0.3, 0.4) is 0 Å². The summed E-state index contributed by atoms with van der Waals surface area (Å²) < 4.78 is 0.797. The molecule has 0 spiro atoms. The zero-order valence-corrected chi connectivity index (χ0v) is 12.6. The third-order valence-corrected chi connectivity index (χ3v) is 3.87. The highest BCUT2D eigenvalue weighted by atomic mass is 79.9. The molecule has 3 rings (SSSR count). The second-order valence-corrected chi connectivity index (χ2v) is 5.65. The Bertz CT molecular complexity index is 697. The molecule has 5 heteroatoms. The van der Waals surface area contributed by atoms with E-state index in [-0.39, 0.29) is 11.8 Å². The van der Waals surface area contributed by atoms with Crippen LogP contribution in [0.2, 0.25) is 0 Å². The number of fused-ring (bicyclic) bond motifs is 1. The Hall–Kier alpha value is -2.01. The molecule has 0 fully saturated rings. The molecule has 0 saturated carbocycles. The van der Waals surface area contributed by atoms with Crippen LogP contribution in [-0.4, -0.2) is 16.8 Å². The van der Waals surface area contributed by atoms with Gasteiger partial charge in [-0.1, -0.05) is 12.1 Å². The molecule has 0 radical (unpaired) electrons. The summed E-state index contributed by atoms with van der Waals surface area (Å²) in [5, 5.41) is 0. The van der Waals surface area contributed by atoms with Gasteiger partial charge in [-0.2, -0.15) is 0 Å². The standard InChI is InChI=1S/C15H11BrN2O2/c1-8-3-4-9(2)13-12(8)14(19)18(15(13)20)11-6-5-10(16)7-17-11/h3-7H,1-2H3. The molecule has 2 heterocycles. The zero-order chi connectivity index (χ0) is 14.4. The molecule has 0 atom stereocenters. The molecular formula is C15H11BrN2O2. The Balaban J connectivity index is 2.17. The van der Waals surface area contributed by atoms with Gasteiger partial charge in [0.2, 0.25) is 0 Å². The van der Waals surface area contributed by atoms with Crippen LogP contribution in [0.15, 0.2) is 34.9 Å². The Morgan fingerprint density at radius 1 is 0.950 bits per heavy atom. The maximum Gasteiger partial charge on any atom is 0.267 e. The van der Waals surface area contributed by atoms with E-state index in [1.165, 1.54) is 0 Å². The fourth-order valence-corrected chi connectivity index (χ4v) is 2.62. The highest BCUT2D eigenvalue weighted by molar-refractivity contribution is 9.10. The second kappa shape index (κ2) is 4.52. The molecular weight excluding hydrogens is 320 g/mol. The minimum atomic E-state index is -0.305. The lowest BCUT2D eigenvalue weighted by molar-refractivity contribution is 0.0925. The first-order valence-corrected chi connectivity index (χ1v) is 6.90. The first kappa shape index (κ1) is 13.0. The lowest BCUT2D eigenvalue weighted by atomic mass is 9.99. The average molecular weight is 331 g/mol. The summed E-state index contributed by atoms with van der Waals surface area (Å²) in [6, 6.07) is 7.12. The molecule has 1 aliphatic rings. The van der Waals surface area contributed by atoms with Crippen LogP contribution in [0.1, 0.15) is 31.8 Å². The van der Waals surface area contributed by atoms with Crippen molar-refractivity contribution < 1.29 is 9.59 Å². The monoisotopic (exact) mass is 330 g/mol. The van der Waals surface area contributed by atoms with Crippen LogP contribution < -0.4 is 4.90 Å². The van der Waals surface area contributed by atoms with Gasteiger partial charge >= 0.3 is 0 Å². The van der Waals surface area contributed by atoms with Crippen LogP contribution in [0.25, 0.3) is 0 Å². The van der Waals surface area contributed by atoms with Crippen LogP contribution in [0, 0.1) is 13.8 Å². The molecule has 0 N–H and O–H groups in total. The highest BCUT2D eigenvalue weighted by Crippen LogP contribution is 2.31. The van der Waals surface area contributed by atoms with Crippen molar-refractivity contribution in [1.82, 2.24) is 4.98 Å². The molecule has 20 heavy (non-hydrogen) atoms. The molecule has 0 bridgehead atoms. The number of carbonyl (C=O) groups excluding carboxylic acids is 2. The van der Waals surface area contributed by atoms with E-state index in [1.807, 2.05) is 26.0 Å². The Morgan fingerprint density at radius 2 is 1.50 bits per heavy atom. The van der Waals surface area contributed by atoms with Crippen molar-refractivity contribution in [2.75, 3.05) is 4.90 Å². The largest absolute Gasteiger partial charge is 0.268 e. The molecule has 0 saturated heterocycles. The molecule has 1 aromatic heterocycles. The maximum atomic E-state index is 12.5. The van der Waals surface area contributed by atoms with Crippen molar-refractivity contribution in [3.63, 3.8) is 0 Å². The number of imide groups is 1. The minimum Gasteiger partial charge on any atom is -0.268 e. The van der Waals surface area contributed by atoms with Gasteiger partial charge in [-0.25, -0.2) is 9.88 Å². The predicted octanol–water partition coefficient (Wildman–Crippen LogP) is 3.26. The third-order valence-electron chi connectivity index (χ3n) is 3.40. The summed E-state index contributed by atoms with van der Waals surface area (Å²) in [7, 11) is 0. The number of hydrogen-bond donors (Lipinski definition) is 0. The predicted molar refractivity (Wildman–Crippen MR) is 79.0 cm³/mol. The number of nitrogens with zero attached hydrogens (tertiary/aromatic N) is 2. The summed E-state index contributed by atoms with van der Waals surface area (Å²) in [6.45, 7) is 3.67. The number of carbonyl (C=O) groups is 2. The van der Waals surface area contributed by atoms with Crippen LogP contribution in [0.4, 0.5) is 5.82 Å². The average Bonchev–Trinajstić information content (AvgIpc) is 2.69. The summed E-state index contributed by atoms with van der Waals surface area (Å²) >= 11 is 3.28. The van der Waals surface area contributed by atoms with Gasteiger partial charge < -0.3 is 0 Å². The summed E-state index contributed by atoms with van der Waals surface area (Å²) in [5.74, 6) is -0.264. The number of anilines is 1. The van der Waals surface area contributed by atoms with Gasteiger partial charge in [0.1, 0.15) is 5.82 Å². The first-order valence-electron chi connectivity index (χ1n) is 6.11. The van der Waals surface area contributed by atoms with E-state index in [1.54, 1.807) is 18.3 Å². The molecule has 2 amide bonds. The third kappa shape index (κ3) is 1.78. The minimum absolute atomic E-state index is 0.305. The SMILES string of the molecule is Cc1ccc(C)c2c1C(=O)N(c1ccc(Br)cn1)C2=O. The van der Waals surface area contributed by atoms with E-state index in [4.69, 9.17) is 0 Å². The molecule has 0 aliphatic carbocycles. The normalized spacial score (nSPS) is 13.8. The number of hydrogen-bond acceptors (Lipinski definition) is 3. The lowest BCUT2D eigenvalue weighted by Crippen LogP contribution is -2.30. The van der Waals surface area contributed by atoms with Crippen LogP contribution in [-0.2, 0) is 0 Å². The van der Waals surface area contributed by atoms with Gasteiger partial charge in [0.05, 0.1) is 11.1 Å². The van der Waals surface area contributed by atoms with Gasteiger partial charge in [-0.05, 0) is 53.0 Å². The molecule has 1 aromatic carbocycles. The molecule has 1 aliphatic heterocycles. The quantitative estimate of drug-likeness (QED) is 0.754. The van der Waals surface area contributed by atoms with Gasteiger partial charge in [0.15, 0.2) is 0 Å². The topological polar surface area (TPSA) is 50.3 Å². The number of rotatable bonds is 1. The van der Waals surface area contributed by atoms with Crippen LogP contribution >= 0.6 is 15.9 Å². The fraction of sp³-hybridized carbons (Fsp3) is 0.133. The smallest absolute Gasteiger partial charge is 0.267 e. The number of aryl methyl sites for hydroxylation is 2. The first-order chi connectivity index (χ1) is 9.50. The van der Waals surface area contributed by atoms with Gasteiger partial charge in [-0.15, -0.1) is 0 Å². The number of pyridine rings is 1. The van der Waals surface area contributed by atoms with Crippen molar-refractivity contribution in [1.29, 1.82) is 0 Å². The van der Waals surface area contributed by atoms with Gasteiger partial charge in [0, 0.05) is 10.7 Å². The van der Waals surface area contributed by atoms with Gasteiger partial charge in [-0.3, -0.25) is 9.59 Å². The number of aromatic nitrogens is 1. The number of halogens is 1. The van der Waals surface area contributed by atoms with Crippen molar-refractivity contribution in [2.45, 2.75) is 13.8 Å². The van der Waals surface area contributed by atoms with Crippen molar-refractivity contribution in [3.8, 4) is 0 Å². The fourth-order valence-electron chi connectivity index (χ4n) is 2.39. The van der Waals surface area contributed by atoms with Gasteiger partial charge in [0.25, 0.3) is 11.8 Å². The summed E-state index contributed by atoms with van der Waals surface area (Å²) in [5.41, 5.74) is 2.59. The number of amides is 2. The molecule has 4 nitrogen and oxygen atoms in total.